The minimum Gasteiger partial charge on any atom is -0.459 e. The molecule has 21 heavy (non-hydrogen) atoms. The van der Waals surface area contributed by atoms with E-state index in [0.717, 1.165) is 42.5 Å². The normalized spacial score (nSPS) is 18.5. The van der Waals surface area contributed by atoms with E-state index in [1.807, 2.05) is 35.2 Å². The van der Waals surface area contributed by atoms with Gasteiger partial charge in [-0.15, -0.1) is 0 Å². The van der Waals surface area contributed by atoms with Crippen molar-refractivity contribution in [2.75, 3.05) is 13.1 Å². The van der Waals surface area contributed by atoms with Crippen LogP contribution in [-0.4, -0.2) is 23.9 Å². The lowest BCUT2D eigenvalue weighted by molar-refractivity contribution is -0.132. The second-order valence-electron chi connectivity index (χ2n) is 5.80. The molecule has 1 unspecified atom stereocenters. The molecule has 1 atom stereocenters. The van der Waals surface area contributed by atoms with Crippen molar-refractivity contribution in [2.24, 2.45) is 5.73 Å². The maximum atomic E-state index is 12.1. The fourth-order valence-electron chi connectivity index (χ4n) is 2.92. The van der Waals surface area contributed by atoms with Crippen LogP contribution in [0, 0.1) is 0 Å². The standard InChI is InChI=1S/C17H22N2O2/c18-14(12-19-10-6-2-1-3-9-17(19)20)16-11-13-7-4-5-8-15(13)21-16/h4-5,7-8,11,14H,1-3,6,9-10,12,18H2. The summed E-state index contributed by atoms with van der Waals surface area (Å²) in [5.41, 5.74) is 7.10. The molecule has 1 fully saturated rings. The number of amides is 1. The Kier molecular flexibility index (Phi) is 4.25. The molecule has 2 heterocycles. The van der Waals surface area contributed by atoms with Gasteiger partial charge in [-0.3, -0.25) is 4.79 Å². The second-order valence-corrected chi connectivity index (χ2v) is 5.80. The minimum atomic E-state index is -0.263. The Balaban J connectivity index is 1.71. The Morgan fingerprint density at radius 2 is 2.00 bits per heavy atom. The first kappa shape index (κ1) is 14.1. The van der Waals surface area contributed by atoms with Crippen LogP contribution in [0.5, 0.6) is 0 Å². The van der Waals surface area contributed by atoms with Crippen molar-refractivity contribution in [1.29, 1.82) is 0 Å². The van der Waals surface area contributed by atoms with E-state index in [1.54, 1.807) is 0 Å². The maximum absolute atomic E-state index is 12.1. The molecule has 2 aromatic rings. The molecule has 1 saturated heterocycles. The van der Waals surface area contributed by atoms with Gasteiger partial charge < -0.3 is 15.1 Å². The zero-order chi connectivity index (χ0) is 14.7. The highest BCUT2D eigenvalue weighted by Crippen LogP contribution is 2.24. The molecule has 0 saturated carbocycles. The summed E-state index contributed by atoms with van der Waals surface area (Å²) in [6.07, 6.45) is 5.07. The Labute approximate surface area is 124 Å². The number of rotatable bonds is 3. The average molecular weight is 286 g/mol. The highest BCUT2D eigenvalue weighted by atomic mass is 16.3. The Morgan fingerprint density at radius 1 is 1.19 bits per heavy atom. The highest BCUT2D eigenvalue weighted by Gasteiger charge is 2.20. The molecule has 2 N–H and O–H groups in total. The largest absolute Gasteiger partial charge is 0.459 e. The van der Waals surface area contributed by atoms with E-state index in [4.69, 9.17) is 10.2 Å². The summed E-state index contributed by atoms with van der Waals surface area (Å²) >= 11 is 0. The number of benzene rings is 1. The van der Waals surface area contributed by atoms with Crippen molar-refractivity contribution in [3.63, 3.8) is 0 Å². The molecule has 4 nitrogen and oxygen atoms in total. The lowest BCUT2D eigenvalue weighted by Gasteiger charge is -2.26. The van der Waals surface area contributed by atoms with Gasteiger partial charge in [0.2, 0.25) is 5.91 Å². The van der Waals surface area contributed by atoms with Crippen LogP contribution in [0.4, 0.5) is 0 Å². The van der Waals surface area contributed by atoms with Gasteiger partial charge in [-0.25, -0.2) is 0 Å². The van der Waals surface area contributed by atoms with Gasteiger partial charge in [-0.2, -0.15) is 0 Å². The number of likely N-dealkylation sites (tertiary alicyclic amines) is 1. The Hall–Kier alpha value is -1.81. The van der Waals surface area contributed by atoms with Gasteiger partial charge in [0.25, 0.3) is 0 Å². The summed E-state index contributed by atoms with van der Waals surface area (Å²) in [6, 6.07) is 9.59. The molecule has 112 valence electrons. The van der Waals surface area contributed by atoms with Crippen molar-refractivity contribution < 1.29 is 9.21 Å². The van der Waals surface area contributed by atoms with Gasteiger partial charge in [0, 0.05) is 24.9 Å². The van der Waals surface area contributed by atoms with Gasteiger partial charge in [-0.05, 0) is 25.0 Å². The molecular formula is C17H22N2O2. The lowest BCUT2D eigenvalue weighted by Crippen LogP contribution is -2.38. The first-order chi connectivity index (χ1) is 10.2. The zero-order valence-electron chi connectivity index (χ0n) is 12.3. The van der Waals surface area contributed by atoms with Crippen molar-refractivity contribution in [1.82, 2.24) is 4.90 Å². The highest BCUT2D eigenvalue weighted by molar-refractivity contribution is 5.78. The van der Waals surface area contributed by atoms with Crippen molar-refractivity contribution in [3.8, 4) is 0 Å². The van der Waals surface area contributed by atoms with Crippen molar-refractivity contribution in [3.05, 3.63) is 36.1 Å². The molecular weight excluding hydrogens is 264 g/mol. The fourth-order valence-corrected chi connectivity index (χ4v) is 2.92. The van der Waals surface area contributed by atoms with Crippen molar-refractivity contribution in [2.45, 2.75) is 38.1 Å². The number of hydrogen-bond donors (Lipinski definition) is 1. The van der Waals surface area contributed by atoms with Crippen LogP contribution in [0.25, 0.3) is 11.0 Å². The van der Waals surface area contributed by atoms with Crippen LogP contribution in [0.1, 0.15) is 43.9 Å². The number of carbonyl (C=O) groups excluding carboxylic acids is 1. The first-order valence-corrected chi connectivity index (χ1v) is 7.76. The molecule has 1 aliphatic heterocycles. The lowest BCUT2D eigenvalue weighted by atomic mass is 10.1. The number of nitrogens with two attached hydrogens (primary N) is 1. The minimum absolute atomic E-state index is 0.223. The van der Waals surface area contributed by atoms with Crippen LogP contribution >= 0.6 is 0 Å². The summed E-state index contributed by atoms with van der Waals surface area (Å²) in [5, 5.41) is 1.06. The van der Waals surface area contributed by atoms with E-state index in [-0.39, 0.29) is 11.9 Å². The predicted octanol–water partition coefficient (Wildman–Crippen LogP) is 3.23. The molecule has 0 spiro atoms. The molecule has 1 aromatic carbocycles. The summed E-state index contributed by atoms with van der Waals surface area (Å²) < 4.78 is 5.80. The molecule has 0 bridgehead atoms. The van der Waals surface area contributed by atoms with E-state index in [9.17, 15) is 4.79 Å². The van der Waals surface area contributed by atoms with E-state index in [1.165, 1.54) is 6.42 Å². The van der Waals surface area contributed by atoms with E-state index in [0.29, 0.717) is 13.0 Å². The van der Waals surface area contributed by atoms with Gasteiger partial charge in [0.15, 0.2) is 0 Å². The fraction of sp³-hybridized carbons (Fsp3) is 0.471. The molecule has 0 radical (unpaired) electrons. The maximum Gasteiger partial charge on any atom is 0.222 e. The zero-order valence-corrected chi connectivity index (χ0v) is 12.3. The Bertz CT molecular complexity index is 587. The van der Waals surface area contributed by atoms with E-state index < -0.39 is 0 Å². The first-order valence-electron chi connectivity index (χ1n) is 7.76. The molecule has 4 heteroatoms. The smallest absolute Gasteiger partial charge is 0.222 e. The Morgan fingerprint density at radius 3 is 2.86 bits per heavy atom. The van der Waals surface area contributed by atoms with Gasteiger partial charge in [-0.1, -0.05) is 31.0 Å². The summed E-state index contributed by atoms with van der Waals surface area (Å²) in [5.74, 6) is 0.979. The monoisotopic (exact) mass is 286 g/mol. The van der Waals surface area contributed by atoms with Crippen LogP contribution in [-0.2, 0) is 4.79 Å². The van der Waals surface area contributed by atoms with Gasteiger partial charge >= 0.3 is 0 Å². The topological polar surface area (TPSA) is 59.5 Å². The number of para-hydroxylation sites is 1. The van der Waals surface area contributed by atoms with Gasteiger partial charge in [0.05, 0.1) is 6.04 Å². The summed E-state index contributed by atoms with van der Waals surface area (Å²) in [7, 11) is 0. The SMILES string of the molecule is NC(CN1CCCCCCC1=O)c1cc2ccccc2o1. The average Bonchev–Trinajstić information content (AvgIpc) is 2.91. The summed E-state index contributed by atoms with van der Waals surface area (Å²) in [6.45, 7) is 1.35. The quantitative estimate of drug-likeness (QED) is 0.942. The molecule has 3 rings (SSSR count). The third kappa shape index (κ3) is 3.27. The van der Waals surface area contributed by atoms with Crippen LogP contribution in [0.3, 0.4) is 0 Å². The van der Waals surface area contributed by atoms with E-state index in [2.05, 4.69) is 0 Å². The summed E-state index contributed by atoms with van der Waals surface area (Å²) in [4.78, 5) is 14.0. The number of furan rings is 1. The molecule has 1 amide bonds. The predicted molar refractivity (Wildman–Crippen MR) is 82.8 cm³/mol. The van der Waals surface area contributed by atoms with Crippen LogP contribution in [0.2, 0.25) is 0 Å². The van der Waals surface area contributed by atoms with Crippen LogP contribution in [0.15, 0.2) is 34.7 Å². The number of fused-ring (bicyclic) bond motifs is 1. The number of carbonyl (C=O) groups is 1. The third-order valence-electron chi connectivity index (χ3n) is 4.15. The second kappa shape index (κ2) is 6.31. The number of nitrogens with zero attached hydrogens (tertiary/aromatic N) is 1. The molecule has 1 aromatic heterocycles. The number of hydrogen-bond acceptors (Lipinski definition) is 3. The molecule has 1 aliphatic rings. The van der Waals surface area contributed by atoms with Crippen molar-refractivity contribution >= 4 is 16.9 Å². The molecule has 0 aliphatic carbocycles. The van der Waals surface area contributed by atoms with E-state index >= 15 is 0 Å². The van der Waals surface area contributed by atoms with Gasteiger partial charge in [0.1, 0.15) is 11.3 Å². The third-order valence-corrected chi connectivity index (χ3v) is 4.15. The van der Waals surface area contributed by atoms with Crippen LogP contribution < -0.4 is 5.73 Å².